The Morgan fingerprint density at radius 3 is 2.88 bits per heavy atom. The zero-order valence-corrected chi connectivity index (χ0v) is 14.5. The maximum absolute atomic E-state index is 12.5. The molecule has 25 heavy (non-hydrogen) atoms. The minimum absolute atomic E-state index is 0.192. The number of carbonyl (C=O) groups excluding carboxylic acids is 3. The van der Waals surface area contributed by atoms with Gasteiger partial charge in [0.2, 0.25) is 0 Å². The molecule has 1 unspecified atom stereocenters. The van der Waals surface area contributed by atoms with E-state index in [4.69, 9.17) is 4.74 Å². The number of hydrogen-bond donors (Lipinski definition) is 2. The first-order chi connectivity index (χ1) is 12.1. The lowest BCUT2D eigenvalue weighted by atomic mass is 10.2. The van der Waals surface area contributed by atoms with Crippen LogP contribution in [0.3, 0.4) is 0 Å². The third kappa shape index (κ3) is 2.96. The first-order valence-corrected chi connectivity index (χ1v) is 9.28. The van der Waals surface area contributed by atoms with Gasteiger partial charge >= 0.3 is 6.09 Å². The minimum Gasteiger partial charge on any atom is -0.447 e. The van der Waals surface area contributed by atoms with Gasteiger partial charge in [-0.2, -0.15) is 0 Å². The van der Waals surface area contributed by atoms with Crippen molar-refractivity contribution in [3.05, 3.63) is 41.3 Å². The van der Waals surface area contributed by atoms with Crippen LogP contribution in [0.2, 0.25) is 0 Å². The Kier molecular flexibility index (Phi) is 4.10. The van der Waals surface area contributed by atoms with Crippen molar-refractivity contribution in [1.29, 1.82) is 0 Å². The molecule has 0 spiro atoms. The second-order valence-electron chi connectivity index (χ2n) is 5.36. The van der Waals surface area contributed by atoms with Crippen molar-refractivity contribution < 1.29 is 19.1 Å². The SMILES string of the molecule is O=C(Nc1sccc1C(=O)N1CCOC1=O)C1Nc2ccccc2S1. The van der Waals surface area contributed by atoms with E-state index in [0.717, 1.165) is 15.5 Å². The van der Waals surface area contributed by atoms with Crippen molar-refractivity contribution >= 4 is 51.7 Å². The number of imide groups is 1. The van der Waals surface area contributed by atoms with Crippen LogP contribution in [0.15, 0.2) is 40.6 Å². The van der Waals surface area contributed by atoms with E-state index in [0.29, 0.717) is 5.00 Å². The summed E-state index contributed by atoms with van der Waals surface area (Å²) in [6.07, 6.45) is -0.656. The molecule has 128 valence electrons. The highest BCUT2D eigenvalue weighted by molar-refractivity contribution is 8.01. The van der Waals surface area contributed by atoms with Gasteiger partial charge in [0.25, 0.3) is 11.8 Å². The van der Waals surface area contributed by atoms with Crippen LogP contribution in [0.25, 0.3) is 0 Å². The van der Waals surface area contributed by atoms with Crippen molar-refractivity contribution in [2.45, 2.75) is 10.3 Å². The Morgan fingerprint density at radius 2 is 2.12 bits per heavy atom. The van der Waals surface area contributed by atoms with Gasteiger partial charge in [-0.15, -0.1) is 11.3 Å². The molecule has 3 heterocycles. The summed E-state index contributed by atoms with van der Waals surface area (Å²) in [6.45, 7) is 0.410. The van der Waals surface area contributed by atoms with E-state index >= 15 is 0 Å². The first kappa shape index (κ1) is 16.0. The molecule has 0 radical (unpaired) electrons. The number of benzene rings is 1. The van der Waals surface area contributed by atoms with Crippen LogP contribution in [-0.4, -0.2) is 41.3 Å². The number of carbonyl (C=O) groups is 3. The number of fused-ring (bicyclic) bond motifs is 1. The predicted molar refractivity (Wildman–Crippen MR) is 95.0 cm³/mol. The number of cyclic esters (lactones) is 1. The van der Waals surface area contributed by atoms with E-state index in [9.17, 15) is 14.4 Å². The Bertz CT molecular complexity index is 842. The average molecular weight is 375 g/mol. The fourth-order valence-corrected chi connectivity index (χ4v) is 4.38. The normalized spacial score (nSPS) is 18.5. The Balaban J connectivity index is 1.47. The van der Waals surface area contributed by atoms with Crippen LogP contribution in [0, 0.1) is 0 Å². The summed E-state index contributed by atoms with van der Waals surface area (Å²) in [5.74, 6) is -0.712. The summed E-state index contributed by atoms with van der Waals surface area (Å²) >= 11 is 2.66. The summed E-state index contributed by atoms with van der Waals surface area (Å²) in [5, 5.41) is 7.58. The number of thioether (sulfide) groups is 1. The maximum Gasteiger partial charge on any atom is 0.416 e. The Hall–Kier alpha value is -2.52. The van der Waals surface area contributed by atoms with E-state index in [1.807, 2.05) is 24.3 Å². The van der Waals surface area contributed by atoms with Crippen LogP contribution in [-0.2, 0) is 9.53 Å². The first-order valence-electron chi connectivity index (χ1n) is 7.52. The number of thiophene rings is 1. The number of hydrogen-bond acceptors (Lipinski definition) is 7. The molecular formula is C16H13N3O4S2. The third-order valence-corrected chi connectivity index (χ3v) is 5.80. The molecule has 0 bridgehead atoms. The summed E-state index contributed by atoms with van der Waals surface area (Å²) in [6, 6.07) is 9.27. The molecule has 1 aromatic heterocycles. The minimum atomic E-state index is -0.656. The number of rotatable bonds is 3. The number of amides is 3. The molecule has 0 saturated carbocycles. The van der Waals surface area contributed by atoms with E-state index in [2.05, 4.69) is 10.6 Å². The van der Waals surface area contributed by atoms with E-state index in [-0.39, 0.29) is 24.6 Å². The van der Waals surface area contributed by atoms with Gasteiger partial charge in [-0.05, 0) is 23.6 Å². The van der Waals surface area contributed by atoms with Crippen LogP contribution in [0.1, 0.15) is 10.4 Å². The summed E-state index contributed by atoms with van der Waals surface area (Å²) in [7, 11) is 0. The largest absolute Gasteiger partial charge is 0.447 e. The summed E-state index contributed by atoms with van der Waals surface area (Å²) in [5.41, 5.74) is 1.20. The number of ether oxygens (including phenoxy) is 1. The quantitative estimate of drug-likeness (QED) is 0.858. The lowest BCUT2D eigenvalue weighted by Crippen LogP contribution is -2.33. The second kappa shape index (κ2) is 6.41. The highest BCUT2D eigenvalue weighted by Gasteiger charge is 2.32. The highest BCUT2D eigenvalue weighted by atomic mass is 32.2. The molecule has 1 aromatic carbocycles. The molecule has 1 saturated heterocycles. The zero-order valence-electron chi connectivity index (χ0n) is 12.9. The van der Waals surface area contributed by atoms with Gasteiger partial charge in [0.15, 0.2) is 5.37 Å². The summed E-state index contributed by atoms with van der Waals surface area (Å²) in [4.78, 5) is 38.6. The number of para-hydroxylation sites is 1. The molecule has 2 N–H and O–H groups in total. The topological polar surface area (TPSA) is 87.7 Å². The molecule has 2 aliphatic rings. The smallest absolute Gasteiger partial charge is 0.416 e. The van der Waals surface area contributed by atoms with Crippen LogP contribution in [0.4, 0.5) is 15.5 Å². The predicted octanol–water partition coefficient (Wildman–Crippen LogP) is 2.82. The fraction of sp³-hybridized carbons (Fsp3) is 0.188. The van der Waals surface area contributed by atoms with Gasteiger partial charge in [-0.1, -0.05) is 23.9 Å². The molecule has 1 fully saturated rings. The monoisotopic (exact) mass is 375 g/mol. The van der Waals surface area contributed by atoms with Crippen molar-refractivity contribution in [3.8, 4) is 0 Å². The van der Waals surface area contributed by atoms with Gasteiger partial charge in [-0.25, -0.2) is 9.69 Å². The molecule has 3 amide bonds. The maximum atomic E-state index is 12.5. The number of nitrogens with one attached hydrogen (secondary N) is 2. The highest BCUT2D eigenvalue weighted by Crippen LogP contribution is 2.38. The molecule has 0 aliphatic carbocycles. The van der Waals surface area contributed by atoms with Crippen LogP contribution >= 0.6 is 23.1 Å². The Morgan fingerprint density at radius 1 is 1.28 bits per heavy atom. The zero-order chi connectivity index (χ0) is 17.4. The molecule has 1 atom stereocenters. The molecule has 4 rings (SSSR count). The number of anilines is 2. The van der Waals surface area contributed by atoms with Crippen molar-refractivity contribution in [2.24, 2.45) is 0 Å². The Labute approximate surface area is 151 Å². The van der Waals surface area contributed by atoms with Crippen LogP contribution in [0.5, 0.6) is 0 Å². The van der Waals surface area contributed by atoms with Gasteiger partial charge in [0, 0.05) is 10.6 Å². The number of nitrogens with zero attached hydrogens (tertiary/aromatic N) is 1. The standard InChI is InChI=1S/C16H13N3O4S2/c20-12(14-17-10-3-1-2-4-11(10)25-14)18-13-9(5-8-24-13)15(21)19-6-7-23-16(19)22/h1-5,8,14,17H,6-7H2,(H,18,20). The lowest BCUT2D eigenvalue weighted by molar-refractivity contribution is -0.115. The molecule has 2 aliphatic heterocycles. The van der Waals surface area contributed by atoms with Gasteiger partial charge in [0.1, 0.15) is 11.6 Å². The lowest BCUT2D eigenvalue weighted by Gasteiger charge is -2.13. The van der Waals surface area contributed by atoms with Gasteiger partial charge in [0.05, 0.1) is 12.1 Å². The molecule has 2 aromatic rings. The van der Waals surface area contributed by atoms with Crippen molar-refractivity contribution in [1.82, 2.24) is 4.90 Å². The molecule has 7 nitrogen and oxygen atoms in total. The molecular weight excluding hydrogens is 362 g/mol. The van der Waals surface area contributed by atoms with Gasteiger partial charge < -0.3 is 15.4 Å². The molecule has 9 heteroatoms. The summed E-state index contributed by atoms with van der Waals surface area (Å²) < 4.78 is 4.79. The van der Waals surface area contributed by atoms with Crippen molar-refractivity contribution in [3.63, 3.8) is 0 Å². The van der Waals surface area contributed by atoms with E-state index in [1.54, 1.807) is 11.4 Å². The van der Waals surface area contributed by atoms with Gasteiger partial charge in [-0.3, -0.25) is 9.59 Å². The van der Waals surface area contributed by atoms with E-state index in [1.165, 1.54) is 23.1 Å². The van der Waals surface area contributed by atoms with E-state index < -0.39 is 17.4 Å². The second-order valence-corrected chi connectivity index (χ2v) is 7.43. The average Bonchev–Trinajstić information content (AvgIpc) is 3.32. The van der Waals surface area contributed by atoms with Crippen molar-refractivity contribution in [2.75, 3.05) is 23.8 Å². The third-order valence-electron chi connectivity index (χ3n) is 3.79. The fourth-order valence-electron chi connectivity index (χ4n) is 2.58. The van der Waals surface area contributed by atoms with Crippen LogP contribution < -0.4 is 10.6 Å².